The predicted molar refractivity (Wildman–Crippen MR) is 80.8 cm³/mol. The molecule has 2 rings (SSSR count). The average Bonchev–Trinajstić information content (AvgIpc) is 2.40. The van der Waals surface area contributed by atoms with Crippen LogP contribution in [-0.2, 0) is 6.54 Å². The molecular formula is C15H14BrClFN. The van der Waals surface area contributed by atoms with Crippen molar-refractivity contribution in [3.8, 4) is 0 Å². The van der Waals surface area contributed by atoms with Gasteiger partial charge in [-0.3, -0.25) is 0 Å². The van der Waals surface area contributed by atoms with Crippen LogP contribution in [0.1, 0.15) is 24.1 Å². The van der Waals surface area contributed by atoms with Crippen LogP contribution in [0.3, 0.4) is 0 Å². The van der Waals surface area contributed by atoms with Gasteiger partial charge in [0.1, 0.15) is 5.82 Å². The second-order valence-corrected chi connectivity index (χ2v) is 5.69. The first kappa shape index (κ1) is 14.5. The highest BCUT2D eigenvalue weighted by Gasteiger charge is 2.09. The molecule has 0 unspecified atom stereocenters. The number of hydrogen-bond donors (Lipinski definition) is 1. The SMILES string of the molecule is C[C@@H](NCc1cccc(Cl)c1F)c1cccc(Br)c1. The van der Waals surface area contributed by atoms with Gasteiger partial charge in [-0.15, -0.1) is 0 Å². The number of benzene rings is 2. The van der Waals surface area contributed by atoms with E-state index in [4.69, 9.17) is 11.6 Å². The van der Waals surface area contributed by atoms with Crippen LogP contribution in [0.5, 0.6) is 0 Å². The smallest absolute Gasteiger partial charge is 0.146 e. The van der Waals surface area contributed by atoms with Gasteiger partial charge >= 0.3 is 0 Å². The highest BCUT2D eigenvalue weighted by molar-refractivity contribution is 9.10. The summed E-state index contributed by atoms with van der Waals surface area (Å²) in [7, 11) is 0. The fraction of sp³-hybridized carbons (Fsp3) is 0.200. The normalized spacial score (nSPS) is 12.4. The molecule has 4 heteroatoms. The Kier molecular flexibility index (Phi) is 4.97. The lowest BCUT2D eigenvalue weighted by molar-refractivity contribution is 0.544. The van der Waals surface area contributed by atoms with E-state index in [1.54, 1.807) is 18.2 Å². The van der Waals surface area contributed by atoms with Gasteiger partial charge in [0.15, 0.2) is 0 Å². The molecule has 0 saturated heterocycles. The van der Waals surface area contributed by atoms with E-state index in [0.29, 0.717) is 12.1 Å². The third kappa shape index (κ3) is 3.78. The molecule has 19 heavy (non-hydrogen) atoms. The Hall–Kier alpha value is -0.900. The largest absolute Gasteiger partial charge is 0.306 e. The van der Waals surface area contributed by atoms with Crippen LogP contribution < -0.4 is 5.32 Å². The van der Waals surface area contributed by atoms with E-state index < -0.39 is 0 Å². The van der Waals surface area contributed by atoms with Crippen molar-refractivity contribution in [2.24, 2.45) is 0 Å². The molecule has 1 N–H and O–H groups in total. The molecule has 0 bridgehead atoms. The fourth-order valence-corrected chi connectivity index (χ4v) is 2.45. The van der Waals surface area contributed by atoms with Crippen molar-refractivity contribution in [3.63, 3.8) is 0 Å². The number of hydrogen-bond acceptors (Lipinski definition) is 1. The summed E-state index contributed by atoms with van der Waals surface area (Å²) in [6.07, 6.45) is 0. The van der Waals surface area contributed by atoms with E-state index in [2.05, 4.69) is 21.2 Å². The number of halogens is 3. The molecule has 0 fully saturated rings. The average molecular weight is 343 g/mol. The summed E-state index contributed by atoms with van der Waals surface area (Å²) in [5, 5.41) is 3.45. The first-order chi connectivity index (χ1) is 9.08. The van der Waals surface area contributed by atoms with Crippen LogP contribution >= 0.6 is 27.5 Å². The maximum Gasteiger partial charge on any atom is 0.146 e. The van der Waals surface area contributed by atoms with Crippen LogP contribution in [0.25, 0.3) is 0 Å². The van der Waals surface area contributed by atoms with Crippen molar-refractivity contribution in [1.82, 2.24) is 5.32 Å². The van der Waals surface area contributed by atoms with Crippen molar-refractivity contribution in [2.45, 2.75) is 19.5 Å². The lowest BCUT2D eigenvalue weighted by atomic mass is 10.1. The maximum absolute atomic E-state index is 13.7. The van der Waals surface area contributed by atoms with E-state index >= 15 is 0 Å². The Bertz CT molecular complexity index is 574. The number of nitrogens with one attached hydrogen (secondary N) is 1. The number of rotatable bonds is 4. The Morgan fingerprint density at radius 2 is 2.00 bits per heavy atom. The lowest BCUT2D eigenvalue weighted by Gasteiger charge is -2.15. The third-order valence-corrected chi connectivity index (χ3v) is 3.76. The molecule has 0 aliphatic heterocycles. The minimum atomic E-state index is -0.349. The summed E-state index contributed by atoms with van der Waals surface area (Å²) in [5.74, 6) is -0.349. The lowest BCUT2D eigenvalue weighted by Crippen LogP contribution is -2.18. The molecule has 0 aliphatic rings. The molecule has 0 radical (unpaired) electrons. The van der Waals surface area contributed by atoms with Crippen molar-refractivity contribution < 1.29 is 4.39 Å². The zero-order valence-electron chi connectivity index (χ0n) is 10.5. The van der Waals surface area contributed by atoms with E-state index in [1.807, 2.05) is 31.2 Å². The third-order valence-electron chi connectivity index (χ3n) is 2.98. The predicted octanol–water partition coefficient (Wildman–Crippen LogP) is 5.09. The summed E-state index contributed by atoms with van der Waals surface area (Å²) in [5.41, 5.74) is 1.73. The van der Waals surface area contributed by atoms with Gasteiger partial charge in [-0.25, -0.2) is 4.39 Å². The van der Waals surface area contributed by atoms with Crippen molar-refractivity contribution in [3.05, 3.63) is 68.9 Å². The zero-order chi connectivity index (χ0) is 13.8. The maximum atomic E-state index is 13.7. The van der Waals surface area contributed by atoms with Gasteiger partial charge in [0.2, 0.25) is 0 Å². The van der Waals surface area contributed by atoms with Gasteiger partial charge in [-0.1, -0.05) is 51.8 Å². The summed E-state index contributed by atoms with van der Waals surface area (Å²) < 4.78 is 14.8. The van der Waals surface area contributed by atoms with Crippen molar-refractivity contribution in [1.29, 1.82) is 0 Å². The Morgan fingerprint density at radius 3 is 2.74 bits per heavy atom. The molecule has 2 aromatic carbocycles. The van der Waals surface area contributed by atoms with Gasteiger partial charge in [0.25, 0.3) is 0 Å². The standard InChI is InChI=1S/C15H14BrClFN/c1-10(11-4-2-6-13(16)8-11)19-9-12-5-3-7-14(17)15(12)18/h2-8,10,19H,9H2,1H3/t10-/m1/s1. The van der Waals surface area contributed by atoms with Crippen molar-refractivity contribution in [2.75, 3.05) is 0 Å². The van der Waals surface area contributed by atoms with E-state index in [9.17, 15) is 4.39 Å². The van der Waals surface area contributed by atoms with Gasteiger partial charge in [0.05, 0.1) is 5.02 Å². The molecule has 1 nitrogen and oxygen atoms in total. The summed E-state index contributed by atoms with van der Waals surface area (Å²) in [4.78, 5) is 0. The van der Waals surface area contributed by atoms with E-state index in [-0.39, 0.29) is 16.9 Å². The molecule has 100 valence electrons. The molecular weight excluding hydrogens is 329 g/mol. The molecule has 0 amide bonds. The monoisotopic (exact) mass is 341 g/mol. The first-order valence-electron chi connectivity index (χ1n) is 5.99. The van der Waals surface area contributed by atoms with Gasteiger partial charge < -0.3 is 5.32 Å². The van der Waals surface area contributed by atoms with Gasteiger partial charge in [0, 0.05) is 22.6 Å². The Balaban J connectivity index is 2.04. The topological polar surface area (TPSA) is 12.0 Å². The summed E-state index contributed by atoms with van der Waals surface area (Å²) in [6, 6.07) is 13.2. The molecule has 0 heterocycles. The van der Waals surface area contributed by atoms with Gasteiger partial charge in [-0.2, -0.15) is 0 Å². The van der Waals surface area contributed by atoms with Crippen LogP contribution in [0.4, 0.5) is 4.39 Å². The van der Waals surface area contributed by atoms with Crippen LogP contribution in [0.2, 0.25) is 5.02 Å². The minimum Gasteiger partial charge on any atom is -0.306 e. The molecule has 0 saturated carbocycles. The van der Waals surface area contributed by atoms with Gasteiger partial charge in [-0.05, 0) is 30.7 Å². The summed E-state index contributed by atoms with van der Waals surface area (Å²) >= 11 is 9.20. The Morgan fingerprint density at radius 1 is 1.26 bits per heavy atom. The first-order valence-corrected chi connectivity index (χ1v) is 7.17. The summed E-state index contributed by atoms with van der Waals surface area (Å²) in [6.45, 7) is 2.49. The fourth-order valence-electron chi connectivity index (χ4n) is 1.84. The second-order valence-electron chi connectivity index (χ2n) is 4.37. The highest BCUT2D eigenvalue weighted by Crippen LogP contribution is 2.20. The molecule has 0 spiro atoms. The minimum absolute atomic E-state index is 0.135. The molecule has 2 aromatic rings. The zero-order valence-corrected chi connectivity index (χ0v) is 12.8. The molecule has 1 atom stereocenters. The van der Waals surface area contributed by atoms with Crippen LogP contribution in [-0.4, -0.2) is 0 Å². The highest BCUT2D eigenvalue weighted by atomic mass is 79.9. The van der Waals surface area contributed by atoms with Crippen LogP contribution in [0.15, 0.2) is 46.9 Å². The van der Waals surface area contributed by atoms with Crippen molar-refractivity contribution >= 4 is 27.5 Å². The van der Waals surface area contributed by atoms with Crippen LogP contribution in [0, 0.1) is 5.82 Å². The van der Waals surface area contributed by atoms with E-state index in [1.165, 1.54) is 0 Å². The second kappa shape index (κ2) is 6.51. The molecule has 0 aliphatic carbocycles. The molecule has 0 aromatic heterocycles. The quantitative estimate of drug-likeness (QED) is 0.816. The van der Waals surface area contributed by atoms with E-state index in [0.717, 1.165) is 10.0 Å². The Labute approximate surface area is 125 Å².